The van der Waals surface area contributed by atoms with Crippen molar-refractivity contribution in [2.24, 2.45) is 0 Å². The van der Waals surface area contributed by atoms with Crippen LogP contribution in [0, 0.1) is 0 Å². The molecule has 0 aromatic rings. The summed E-state index contributed by atoms with van der Waals surface area (Å²) in [6, 6.07) is 0. The van der Waals surface area contributed by atoms with Crippen LogP contribution in [0.2, 0.25) is 0 Å². The van der Waals surface area contributed by atoms with E-state index in [9.17, 15) is 4.79 Å². The summed E-state index contributed by atoms with van der Waals surface area (Å²) >= 11 is 0. The first-order valence-electron chi connectivity index (χ1n) is 5.04. The third-order valence-electron chi connectivity index (χ3n) is 1.96. The molecule has 0 radical (unpaired) electrons. The summed E-state index contributed by atoms with van der Waals surface area (Å²) in [7, 11) is 0. The Kier molecular flexibility index (Phi) is 7.69. The van der Waals surface area contributed by atoms with E-state index in [0.717, 1.165) is 19.3 Å². The van der Waals surface area contributed by atoms with Crippen molar-refractivity contribution in [1.82, 2.24) is 0 Å². The van der Waals surface area contributed by atoms with Crippen LogP contribution in [0.15, 0.2) is 0 Å². The van der Waals surface area contributed by atoms with E-state index < -0.39 is 5.97 Å². The van der Waals surface area contributed by atoms with Crippen molar-refractivity contribution >= 4 is 5.97 Å². The zero-order valence-corrected chi connectivity index (χ0v) is 8.58. The average Bonchev–Trinajstić information content (AvgIpc) is 2.09. The largest absolute Gasteiger partial charge is 0.481 e. The van der Waals surface area contributed by atoms with Gasteiger partial charge in [0.05, 0.1) is 6.10 Å². The molecule has 0 aromatic carbocycles. The molecule has 0 aromatic heterocycles. The lowest BCUT2D eigenvalue weighted by Gasteiger charge is -2.15. The van der Waals surface area contributed by atoms with Crippen LogP contribution >= 0.6 is 0 Å². The van der Waals surface area contributed by atoms with Crippen LogP contribution in [-0.2, 0) is 9.53 Å². The summed E-state index contributed by atoms with van der Waals surface area (Å²) in [6.07, 6.45) is 4.23. The number of rotatable bonds is 8. The Morgan fingerprint density at radius 2 is 2.08 bits per heavy atom. The van der Waals surface area contributed by atoms with Crippen LogP contribution < -0.4 is 0 Å². The summed E-state index contributed by atoms with van der Waals surface area (Å²) in [5.41, 5.74) is 0. The molecule has 0 bridgehead atoms. The van der Waals surface area contributed by atoms with Crippen LogP contribution in [-0.4, -0.2) is 23.8 Å². The first-order valence-corrected chi connectivity index (χ1v) is 5.04. The minimum atomic E-state index is -0.735. The van der Waals surface area contributed by atoms with Gasteiger partial charge in [0.1, 0.15) is 0 Å². The lowest BCUT2D eigenvalue weighted by molar-refractivity contribution is -0.137. The fraction of sp³-hybridized carbons (Fsp3) is 0.900. The molecule has 0 aliphatic rings. The Morgan fingerprint density at radius 3 is 2.54 bits per heavy atom. The maximum atomic E-state index is 10.3. The van der Waals surface area contributed by atoms with Crippen LogP contribution in [0.3, 0.4) is 0 Å². The highest BCUT2D eigenvalue weighted by atomic mass is 16.5. The van der Waals surface area contributed by atoms with E-state index in [1.807, 2.05) is 6.92 Å². The number of unbranched alkanes of at least 4 members (excludes halogenated alkanes) is 1. The SMILES string of the molecule is CCCC[C@@H](CCC(=O)O)OCC. The molecule has 1 N–H and O–H groups in total. The Hall–Kier alpha value is -0.570. The summed E-state index contributed by atoms with van der Waals surface area (Å²) in [5.74, 6) is -0.735. The smallest absolute Gasteiger partial charge is 0.303 e. The van der Waals surface area contributed by atoms with E-state index >= 15 is 0 Å². The predicted molar refractivity (Wildman–Crippen MR) is 51.8 cm³/mol. The molecule has 0 amide bonds. The Labute approximate surface area is 80.1 Å². The average molecular weight is 188 g/mol. The fourth-order valence-corrected chi connectivity index (χ4v) is 1.26. The summed E-state index contributed by atoms with van der Waals surface area (Å²) < 4.78 is 5.43. The van der Waals surface area contributed by atoms with Crippen molar-refractivity contribution in [2.75, 3.05) is 6.61 Å². The Bertz CT molecular complexity index is 134. The van der Waals surface area contributed by atoms with Gasteiger partial charge in [-0.05, 0) is 19.8 Å². The van der Waals surface area contributed by atoms with Crippen molar-refractivity contribution < 1.29 is 14.6 Å². The van der Waals surface area contributed by atoms with Gasteiger partial charge in [0.15, 0.2) is 0 Å². The fourth-order valence-electron chi connectivity index (χ4n) is 1.26. The number of carbonyl (C=O) groups is 1. The number of aliphatic carboxylic acids is 1. The lowest BCUT2D eigenvalue weighted by atomic mass is 10.1. The molecular weight excluding hydrogens is 168 g/mol. The minimum Gasteiger partial charge on any atom is -0.481 e. The third kappa shape index (κ3) is 7.78. The molecule has 13 heavy (non-hydrogen) atoms. The molecule has 78 valence electrons. The van der Waals surface area contributed by atoms with Gasteiger partial charge >= 0.3 is 5.97 Å². The second-order valence-electron chi connectivity index (χ2n) is 3.15. The molecule has 0 saturated heterocycles. The molecule has 3 nitrogen and oxygen atoms in total. The van der Waals surface area contributed by atoms with Gasteiger partial charge in [-0.25, -0.2) is 0 Å². The molecule has 0 spiro atoms. The van der Waals surface area contributed by atoms with Crippen molar-refractivity contribution in [3.63, 3.8) is 0 Å². The molecule has 0 aliphatic carbocycles. The number of ether oxygens (including phenoxy) is 1. The Morgan fingerprint density at radius 1 is 1.38 bits per heavy atom. The van der Waals surface area contributed by atoms with E-state index in [1.165, 1.54) is 0 Å². The van der Waals surface area contributed by atoms with Gasteiger partial charge in [-0.1, -0.05) is 19.8 Å². The van der Waals surface area contributed by atoms with E-state index in [0.29, 0.717) is 13.0 Å². The van der Waals surface area contributed by atoms with Crippen LogP contribution in [0.5, 0.6) is 0 Å². The minimum absolute atomic E-state index is 0.140. The van der Waals surface area contributed by atoms with Gasteiger partial charge in [-0.3, -0.25) is 4.79 Å². The third-order valence-corrected chi connectivity index (χ3v) is 1.96. The van der Waals surface area contributed by atoms with Crippen LogP contribution in [0.1, 0.15) is 46.0 Å². The zero-order valence-electron chi connectivity index (χ0n) is 8.58. The standard InChI is InChI=1S/C10H20O3/c1-3-5-6-9(13-4-2)7-8-10(11)12/h9H,3-8H2,1-2H3,(H,11,12)/t9-/m0/s1. The molecule has 0 aliphatic heterocycles. The van der Waals surface area contributed by atoms with E-state index in [1.54, 1.807) is 0 Å². The first kappa shape index (κ1) is 12.4. The Balaban J connectivity index is 3.59. The van der Waals surface area contributed by atoms with Crippen molar-refractivity contribution in [1.29, 1.82) is 0 Å². The zero-order chi connectivity index (χ0) is 10.1. The molecule has 0 saturated carbocycles. The lowest BCUT2D eigenvalue weighted by Crippen LogP contribution is -2.14. The maximum Gasteiger partial charge on any atom is 0.303 e. The molecule has 1 atom stereocenters. The van der Waals surface area contributed by atoms with Gasteiger partial charge in [0.25, 0.3) is 0 Å². The van der Waals surface area contributed by atoms with Crippen molar-refractivity contribution in [3.8, 4) is 0 Å². The van der Waals surface area contributed by atoms with Crippen molar-refractivity contribution in [3.05, 3.63) is 0 Å². The van der Waals surface area contributed by atoms with Gasteiger partial charge in [0.2, 0.25) is 0 Å². The molecule has 0 fully saturated rings. The van der Waals surface area contributed by atoms with Gasteiger partial charge in [-0.2, -0.15) is 0 Å². The molecular formula is C10H20O3. The highest BCUT2D eigenvalue weighted by molar-refractivity contribution is 5.66. The van der Waals surface area contributed by atoms with E-state index in [4.69, 9.17) is 9.84 Å². The van der Waals surface area contributed by atoms with Gasteiger partial charge < -0.3 is 9.84 Å². The highest BCUT2D eigenvalue weighted by Crippen LogP contribution is 2.10. The number of carboxylic acids is 1. The predicted octanol–water partition coefficient (Wildman–Crippen LogP) is 2.45. The highest BCUT2D eigenvalue weighted by Gasteiger charge is 2.09. The number of hydrogen-bond donors (Lipinski definition) is 1. The van der Waals surface area contributed by atoms with Gasteiger partial charge in [0, 0.05) is 13.0 Å². The molecule has 3 heteroatoms. The maximum absolute atomic E-state index is 10.3. The van der Waals surface area contributed by atoms with E-state index in [-0.39, 0.29) is 12.5 Å². The number of carboxylic acid groups (broad SMARTS) is 1. The van der Waals surface area contributed by atoms with Crippen LogP contribution in [0.25, 0.3) is 0 Å². The monoisotopic (exact) mass is 188 g/mol. The molecule has 0 rings (SSSR count). The molecule has 0 heterocycles. The van der Waals surface area contributed by atoms with Gasteiger partial charge in [-0.15, -0.1) is 0 Å². The quantitative estimate of drug-likeness (QED) is 0.636. The second kappa shape index (κ2) is 8.05. The summed E-state index contributed by atoms with van der Waals surface area (Å²) in [4.78, 5) is 10.3. The van der Waals surface area contributed by atoms with Crippen molar-refractivity contribution in [2.45, 2.75) is 52.1 Å². The first-order chi connectivity index (χ1) is 6.20. The summed E-state index contributed by atoms with van der Waals surface area (Å²) in [5, 5.41) is 8.50. The van der Waals surface area contributed by atoms with E-state index in [2.05, 4.69) is 6.92 Å². The summed E-state index contributed by atoms with van der Waals surface area (Å²) in [6.45, 7) is 4.74. The second-order valence-corrected chi connectivity index (χ2v) is 3.15. The van der Waals surface area contributed by atoms with Crippen LogP contribution in [0.4, 0.5) is 0 Å². The molecule has 0 unspecified atom stereocenters. The normalized spacial score (nSPS) is 12.8. The topological polar surface area (TPSA) is 46.5 Å². The number of hydrogen-bond acceptors (Lipinski definition) is 2.